The van der Waals surface area contributed by atoms with Crippen LogP contribution in [0.2, 0.25) is 5.02 Å². The number of aromatic nitrogens is 2. The van der Waals surface area contributed by atoms with Gasteiger partial charge in [0.25, 0.3) is 0 Å². The number of imidazole rings is 1. The Bertz CT molecular complexity index is 1190. The van der Waals surface area contributed by atoms with Gasteiger partial charge in [-0.25, -0.2) is 13.4 Å². The van der Waals surface area contributed by atoms with Crippen LogP contribution in [0.4, 0.5) is 5.69 Å². The van der Waals surface area contributed by atoms with E-state index in [4.69, 9.17) is 11.6 Å². The fourth-order valence-electron chi connectivity index (χ4n) is 3.36. The van der Waals surface area contributed by atoms with Crippen molar-refractivity contribution in [2.75, 3.05) is 10.6 Å². The highest BCUT2D eigenvalue weighted by molar-refractivity contribution is 7.92. The molecule has 0 spiro atoms. The summed E-state index contributed by atoms with van der Waals surface area (Å²) in [6, 6.07) is 11.7. The Labute approximate surface area is 187 Å². The molecule has 0 radical (unpaired) electrons. The first-order chi connectivity index (χ1) is 14.6. The number of benzene rings is 2. The van der Waals surface area contributed by atoms with Crippen molar-refractivity contribution in [1.29, 1.82) is 0 Å². The molecule has 0 saturated heterocycles. The summed E-state index contributed by atoms with van der Waals surface area (Å²) in [4.78, 5) is 17.0. The van der Waals surface area contributed by atoms with Gasteiger partial charge in [-0.15, -0.1) is 0 Å². The van der Waals surface area contributed by atoms with E-state index in [1.54, 1.807) is 38.2 Å². The van der Waals surface area contributed by atoms with Gasteiger partial charge in [-0.1, -0.05) is 29.8 Å². The predicted molar refractivity (Wildman–Crippen MR) is 123 cm³/mol. The van der Waals surface area contributed by atoms with Crippen LogP contribution in [0.25, 0.3) is 5.69 Å². The summed E-state index contributed by atoms with van der Waals surface area (Å²) >= 11 is 6.07. The summed E-state index contributed by atoms with van der Waals surface area (Å²) in [7, 11) is -3.71. The second-order valence-corrected chi connectivity index (χ2v) is 9.69. The van der Waals surface area contributed by atoms with Crippen LogP contribution < -0.4 is 9.62 Å². The van der Waals surface area contributed by atoms with E-state index in [0.29, 0.717) is 16.3 Å². The summed E-state index contributed by atoms with van der Waals surface area (Å²) in [5.41, 5.74) is 2.96. The molecule has 0 aliphatic heterocycles. The zero-order valence-electron chi connectivity index (χ0n) is 17.8. The fourth-order valence-corrected chi connectivity index (χ4v) is 4.75. The van der Waals surface area contributed by atoms with Crippen LogP contribution in [0.1, 0.15) is 23.9 Å². The molecule has 1 N–H and O–H groups in total. The summed E-state index contributed by atoms with van der Waals surface area (Å²) in [5.74, 6) is 0.478. The minimum atomic E-state index is -3.71. The molecule has 0 fully saturated rings. The molecule has 0 unspecified atom stereocenters. The Morgan fingerprint density at radius 3 is 2.45 bits per heavy atom. The standard InChI is InChI=1S/C22H25ClN4O3S/c1-15-5-8-19(23)13-21(15)27(31(4,29)30)16(2)22(28)25-14-18-6-9-20(10-7-18)26-12-11-24-17(26)3/h5-13,16H,14H2,1-4H3,(H,25,28)/t16-/m1/s1. The van der Waals surface area contributed by atoms with Gasteiger partial charge in [0.1, 0.15) is 11.9 Å². The van der Waals surface area contributed by atoms with Crippen LogP contribution in [-0.4, -0.2) is 36.2 Å². The van der Waals surface area contributed by atoms with E-state index in [2.05, 4.69) is 10.3 Å². The minimum Gasteiger partial charge on any atom is -0.350 e. The molecule has 164 valence electrons. The molecular weight excluding hydrogens is 436 g/mol. The molecule has 9 heteroatoms. The van der Waals surface area contributed by atoms with Crippen molar-refractivity contribution in [3.8, 4) is 5.69 Å². The first-order valence-corrected chi connectivity index (χ1v) is 11.9. The van der Waals surface area contributed by atoms with Crippen molar-refractivity contribution in [3.05, 3.63) is 76.8 Å². The highest BCUT2D eigenvalue weighted by Crippen LogP contribution is 2.28. The van der Waals surface area contributed by atoms with Gasteiger partial charge in [0, 0.05) is 29.6 Å². The topological polar surface area (TPSA) is 84.3 Å². The summed E-state index contributed by atoms with van der Waals surface area (Å²) in [5, 5.41) is 3.22. The number of anilines is 1. The number of halogens is 1. The average Bonchev–Trinajstić information content (AvgIpc) is 3.14. The highest BCUT2D eigenvalue weighted by atomic mass is 35.5. The van der Waals surface area contributed by atoms with Crippen LogP contribution in [0, 0.1) is 13.8 Å². The van der Waals surface area contributed by atoms with Crippen molar-refractivity contribution < 1.29 is 13.2 Å². The maximum atomic E-state index is 12.8. The lowest BCUT2D eigenvalue weighted by Gasteiger charge is -2.29. The third-order valence-corrected chi connectivity index (χ3v) is 6.47. The quantitative estimate of drug-likeness (QED) is 0.583. The molecule has 0 aliphatic carbocycles. The molecule has 1 amide bonds. The van der Waals surface area contributed by atoms with Crippen molar-refractivity contribution in [3.63, 3.8) is 0 Å². The third kappa shape index (κ3) is 5.26. The predicted octanol–water partition coefficient (Wildman–Crippen LogP) is 3.61. The maximum Gasteiger partial charge on any atom is 0.243 e. The molecule has 31 heavy (non-hydrogen) atoms. The summed E-state index contributed by atoms with van der Waals surface area (Å²) in [6.45, 7) is 5.53. The van der Waals surface area contributed by atoms with Gasteiger partial charge in [-0.3, -0.25) is 9.10 Å². The van der Waals surface area contributed by atoms with Gasteiger partial charge in [0.05, 0.1) is 11.9 Å². The molecule has 0 aliphatic rings. The number of rotatable bonds is 7. The number of sulfonamides is 1. The Morgan fingerprint density at radius 2 is 1.87 bits per heavy atom. The Hall–Kier alpha value is -2.84. The molecule has 3 rings (SSSR count). The first kappa shape index (κ1) is 22.8. The second-order valence-electron chi connectivity index (χ2n) is 7.39. The number of amides is 1. The molecular formula is C22H25ClN4O3S. The number of nitrogens with one attached hydrogen (secondary N) is 1. The number of hydrogen-bond acceptors (Lipinski definition) is 4. The number of carbonyl (C=O) groups is 1. The fraction of sp³-hybridized carbons (Fsp3) is 0.273. The lowest BCUT2D eigenvalue weighted by atomic mass is 10.1. The Balaban J connectivity index is 1.74. The number of carbonyl (C=O) groups excluding carboxylic acids is 1. The number of aryl methyl sites for hydroxylation is 2. The van der Waals surface area contributed by atoms with E-state index >= 15 is 0 Å². The van der Waals surface area contributed by atoms with Gasteiger partial charge in [0.15, 0.2) is 0 Å². The van der Waals surface area contributed by atoms with Gasteiger partial charge >= 0.3 is 0 Å². The normalized spacial score (nSPS) is 12.4. The van der Waals surface area contributed by atoms with Gasteiger partial charge in [-0.05, 0) is 56.2 Å². The van der Waals surface area contributed by atoms with E-state index in [-0.39, 0.29) is 6.54 Å². The molecule has 2 aromatic carbocycles. The van der Waals surface area contributed by atoms with Crippen molar-refractivity contribution in [1.82, 2.24) is 14.9 Å². The molecule has 0 bridgehead atoms. The van der Waals surface area contributed by atoms with E-state index in [1.165, 1.54) is 0 Å². The lowest BCUT2D eigenvalue weighted by molar-refractivity contribution is -0.122. The smallest absolute Gasteiger partial charge is 0.243 e. The van der Waals surface area contributed by atoms with Gasteiger partial charge in [-0.2, -0.15) is 0 Å². The zero-order valence-corrected chi connectivity index (χ0v) is 19.4. The van der Waals surface area contributed by atoms with Crippen molar-refractivity contribution in [2.45, 2.75) is 33.4 Å². The SMILES string of the molecule is Cc1ccc(Cl)cc1N([C@H](C)C(=O)NCc1ccc(-n2ccnc2C)cc1)S(C)(=O)=O. The molecule has 1 atom stereocenters. The number of hydrogen-bond donors (Lipinski definition) is 1. The van der Waals surface area contributed by atoms with Crippen LogP contribution in [0.5, 0.6) is 0 Å². The third-order valence-electron chi connectivity index (χ3n) is 5.00. The molecule has 1 aromatic heterocycles. The van der Waals surface area contributed by atoms with Crippen molar-refractivity contribution in [2.24, 2.45) is 0 Å². The van der Waals surface area contributed by atoms with E-state index < -0.39 is 22.0 Å². The van der Waals surface area contributed by atoms with E-state index in [1.807, 2.05) is 42.0 Å². The lowest BCUT2D eigenvalue weighted by Crippen LogP contribution is -2.48. The van der Waals surface area contributed by atoms with Gasteiger partial charge < -0.3 is 9.88 Å². The monoisotopic (exact) mass is 460 g/mol. The Kier molecular flexibility index (Phi) is 6.71. The molecule has 0 saturated carbocycles. The van der Waals surface area contributed by atoms with Crippen molar-refractivity contribution >= 4 is 33.2 Å². The zero-order chi connectivity index (χ0) is 22.8. The van der Waals surface area contributed by atoms with E-state index in [9.17, 15) is 13.2 Å². The first-order valence-electron chi connectivity index (χ1n) is 9.70. The average molecular weight is 461 g/mol. The molecule has 3 aromatic rings. The van der Waals surface area contributed by atoms with Crippen LogP contribution in [0.3, 0.4) is 0 Å². The number of nitrogens with zero attached hydrogens (tertiary/aromatic N) is 3. The maximum absolute atomic E-state index is 12.8. The van der Waals surface area contributed by atoms with Crippen LogP contribution in [-0.2, 0) is 21.4 Å². The van der Waals surface area contributed by atoms with Crippen LogP contribution >= 0.6 is 11.6 Å². The summed E-state index contributed by atoms with van der Waals surface area (Å²) < 4.78 is 28.0. The molecule has 1 heterocycles. The largest absolute Gasteiger partial charge is 0.350 e. The minimum absolute atomic E-state index is 0.276. The van der Waals surface area contributed by atoms with E-state index in [0.717, 1.165) is 27.6 Å². The summed E-state index contributed by atoms with van der Waals surface area (Å²) in [6.07, 6.45) is 4.69. The second kappa shape index (κ2) is 9.11. The van der Waals surface area contributed by atoms with Crippen LogP contribution in [0.15, 0.2) is 54.9 Å². The van der Waals surface area contributed by atoms with Gasteiger partial charge in [0.2, 0.25) is 15.9 Å². The molecule has 7 nitrogen and oxygen atoms in total. The Morgan fingerprint density at radius 1 is 1.19 bits per heavy atom. The highest BCUT2D eigenvalue weighted by Gasteiger charge is 2.30.